The lowest BCUT2D eigenvalue weighted by molar-refractivity contribution is 0.480. The Morgan fingerprint density at radius 3 is 2.57 bits per heavy atom. The lowest BCUT2D eigenvalue weighted by atomic mass is 10.0. The summed E-state index contributed by atoms with van der Waals surface area (Å²) in [7, 11) is -3.96. The van der Waals surface area contributed by atoms with Gasteiger partial charge in [-0.2, -0.15) is 9.64 Å². The zero-order chi connectivity index (χ0) is 24.3. The van der Waals surface area contributed by atoms with E-state index < -0.39 is 10.0 Å². The number of furan rings is 1. The van der Waals surface area contributed by atoms with Gasteiger partial charge in [0.25, 0.3) is 10.0 Å². The minimum Gasteiger partial charge on any atom is -0.472 e. The van der Waals surface area contributed by atoms with Crippen LogP contribution in [0.3, 0.4) is 0 Å². The highest BCUT2D eigenvalue weighted by Gasteiger charge is 2.20. The summed E-state index contributed by atoms with van der Waals surface area (Å²) in [6.45, 7) is 0. The highest BCUT2D eigenvalue weighted by molar-refractivity contribution is 7.93. The second kappa shape index (κ2) is 9.38. The average molecular weight is 502 g/mol. The van der Waals surface area contributed by atoms with Crippen molar-refractivity contribution in [3.05, 3.63) is 91.3 Å². The Kier molecular flexibility index (Phi) is 5.97. The van der Waals surface area contributed by atoms with Gasteiger partial charge in [0, 0.05) is 28.2 Å². The van der Waals surface area contributed by atoms with Crippen molar-refractivity contribution in [1.29, 1.82) is 5.26 Å². The Morgan fingerprint density at radius 2 is 1.86 bits per heavy atom. The monoisotopic (exact) mass is 501 g/mol. The molecule has 35 heavy (non-hydrogen) atoms. The molecule has 0 saturated heterocycles. The molecular weight excluding hydrogens is 486 g/mol. The number of sulfonamides is 1. The fraction of sp³-hybridized carbons (Fsp3) is 0. The number of aromatic nitrogens is 3. The van der Waals surface area contributed by atoms with Gasteiger partial charge < -0.3 is 9.15 Å². The summed E-state index contributed by atoms with van der Waals surface area (Å²) in [5, 5.41) is 9.82. The first-order chi connectivity index (χ1) is 17.0. The van der Waals surface area contributed by atoms with Crippen molar-refractivity contribution in [3.8, 4) is 40.0 Å². The first-order valence-corrected chi connectivity index (χ1v) is 12.4. The Morgan fingerprint density at radius 1 is 1.00 bits per heavy atom. The molecule has 3 heterocycles. The normalized spacial score (nSPS) is 11.1. The van der Waals surface area contributed by atoms with Gasteiger partial charge in [0.15, 0.2) is 5.75 Å². The molecule has 3 aromatic heterocycles. The zero-order valence-electron chi connectivity index (χ0n) is 17.8. The van der Waals surface area contributed by atoms with Crippen molar-refractivity contribution in [2.75, 3.05) is 4.72 Å². The Balaban J connectivity index is 1.50. The minimum absolute atomic E-state index is 0.0374. The largest absolute Gasteiger partial charge is 0.472 e. The summed E-state index contributed by atoms with van der Waals surface area (Å²) < 4.78 is 42.8. The molecule has 0 spiro atoms. The summed E-state index contributed by atoms with van der Waals surface area (Å²) in [4.78, 5) is 8.23. The maximum absolute atomic E-state index is 12.7. The Bertz CT molecular complexity index is 1610. The fourth-order valence-corrected chi connectivity index (χ4v) is 4.98. The maximum Gasteiger partial charge on any atom is 0.263 e. The van der Waals surface area contributed by atoms with Crippen LogP contribution in [-0.2, 0) is 10.0 Å². The first kappa shape index (κ1) is 22.3. The Labute approximate surface area is 204 Å². The molecule has 1 N–H and O–H groups in total. The maximum atomic E-state index is 12.7. The smallest absolute Gasteiger partial charge is 0.263 e. The van der Waals surface area contributed by atoms with E-state index in [-0.39, 0.29) is 21.3 Å². The van der Waals surface area contributed by atoms with E-state index in [1.807, 2.05) is 42.5 Å². The summed E-state index contributed by atoms with van der Waals surface area (Å²) in [6, 6.07) is 19.3. The van der Waals surface area contributed by atoms with Crippen molar-refractivity contribution in [2.45, 2.75) is 4.90 Å². The lowest BCUT2D eigenvalue weighted by Gasteiger charge is -2.13. The van der Waals surface area contributed by atoms with E-state index in [0.717, 1.165) is 28.4 Å². The molecule has 11 heteroatoms. The summed E-state index contributed by atoms with van der Waals surface area (Å²) in [5.41, 5.74) is 3.16. The van der Waals surface area contributed by atoms with Crippen LogP contribution in [-0.4, -0.2) is 22.8 Å². The SMILES string of the molecule is N#Cc1cc(S(=O)(=O)Nc2ncns2)ccc1Oc1cnc(-c2ccccc2)cc1-c1ccoc1. The van der Waals surface area contributed by atoms with Gasteiger partial charge in [0.05, 0.1) is 34.9 Å². The molecule has 0 atom stereocenters. The van der Waals surface area contributed by atoms with Gasteiger partial charge in [-0.05, 0) is 30.3 Å². The van der Waals surface area contributed by atoms with Gasteiger partial charge >= 0.3 is 0 Å². The minimum atomic E-state index is -3.96. The van der Waals surface area contributed by atoms with Gasteiger partial charge in [-0.15, -0.1) is 0 Å². The number of ether oxygens (including phenoxy) is 1. The van der Waals surface area contributed by atoms with E-state index in [0.29, 0.717) is 11.3 Å². The third-order valence-corrected chi connectivity index (χ3v) is 7.00. The highest BCUT2D eigenvalue weighted by atomic mass is 32.2. The van der Waals surface area contributed by atoms with Crippen molar-refractivity contribution >= 4 is 26.7 Å². The molecule has 0 aliphatic carbocycles. The van der Waals surface area contributed by atoms with Crippen LogP contribution in [0.1, 0.15) is 5.56 Å². The van der Waals surface area contributed by atoms with E-state index in [2.05, 4.69) is 19.1 Å². The molecule has 0 aliphatic heterocycles. The molecule has 5 rings (SSSR count). The number of hydrogen-bond donors (Lipinski definition) is 1. The van der Waals surface area contributed by atoms with Crippen molar-refractivity contribution in [3.63, 3.8) is 0 Å². The van der Waals surface area contributed by atoms with Gasteiger partial charge in [0.2, 0.25) is 5.13 Å². The van der Waals surface area contributed by atoms with E-state index in [4.69, 9.17) is 9.15 Å². The molecule has 9 nitrogen and oxygen atoms in total. The van der Waals surface area contributed by atoms with E-state index in [1.54, 1.807) is 24.8 Å². The molecule has 0 fully saturated rings. The molecular formula is C24H15N5O4S2. The quantitative estimate of drug-likeness (QED) is 0.317. The number of nitriles is 1. The van der Waals surface area contributed by atoms with Crippen molar-refractivity contribution in [1.82, 2.24) is 14.3 Å². The van der Waals surface area contributed by atoms with E-state index in [1.165, 1.54) is 24.5 Å². The standard InChI is InChI=1S/C24H15N5O4S2/c25-12-18-10-19(35(30,31)29-24-27-15-28-34-24)6-7-22(18)33-23-13-26-21(16-4-2-1-3-5-16)11-20(23)17-8-9-32-14-17/h1-11,13-15H,(H,27,28,29). The molecule has 5 aromatic rings. The lowest BCUT2D eigenvalue weighted by Crippen LogP contribution is -2.13. The predicted octanol–water partition coefficient (Wildman–Crippen LogP) is 5.32. The second-order valence-corrected chi connectivity index (χ2v) is 9.63. The summed E-state index contributed by atoms with van der Waals surface area (Å²) >= 11 is 0.903. The van der Waals surface area contributed by atoms with Crippen molar-refractivity contribution in [2.24, 2.45) is 0 Å². The predicted molar refractivity (Wildman–Crippen MR) is 129 cm³/mol. The molecule has 0 radical (unpaired) electrons. The van der Waals surface area contributed by atoms with Crippen LogP contribution in [0, 0.1) is 11.3 Å². The van der Waals surface area contributed by atoms with Crippen LogP contribution < -0.4 is 9.46 Å². The molecule has 172 valence electrons. The number of hydrogen-bond acceptors (Lipinski definition) is 9. The number of anilines is 1. The number of pyridine rings is 1. The van der Waals surface area contributed by atoms with Crippen LogP contribution >= 0.6 is 11.5 Å². The molecule has 0 amide bonds. The number of benzene rings is 2. The number of nitrogens with zero attached hydrogens (tertiary/aromatic N) is 4. The summed E-state index contributed by atoms with van der Waals surface area (Å²) in [5.74, 6) is 0.562. The van der Waals surface area contributed by atoms with Crippen LogP contribution in [0.15, 0.2) is 95.0 Å². The van der Waals surface area contributed by atoms with Gasteiger partial charge in [-0.25, -0.2) is 13.4 Å². The molecule has 0 unspecified atom stereocenters. The van der Waals surface area contributed by atoms with Crippen LogP contribution in [0.2, 0.25) is 0 Å². The van der Waals surface area contributed by atoms with Gasteiger partial charge in [-0.1, -0.05) is 30.3 Å². The molecule has 0 aliphatic rings. The topological polar surface area (TPSA) is 131 Å². The van der Waals surface area contributed by atoms with Gasteiger partial charge in [0.1, 0.15) is 18.1 Å². The van der Waals surface area contributed by atoms with Crippen LogP contribution in [0.25, 0.3) is 22.4 Å². The van der Waals surface area contributed by atoms with Crippen LogP contribution in [0.4, 0.5) is 5.13 Å². The van der Waals surface area contributed by atoms with E-state index >= 15 is 0 Å². The molecule has 2 aromatic carbocycles. The second-order valence-electron chi connectivity index (χ2n) is 7.17. The summed E-state index contributed by atoms with van der Waals surface area (Å²) in [6.07, 6.45) is 5.94. The number of nitrogens with one attached hydrogen (secondary N) is 1. The number of rotatable bonds is 7. The van der Waals surface area contributed by atoms with Gasteiger partial charge in [-0.3, -0.25) is 9.71 Å². The fourth-order valence-electron chi connectivity index (χ4n) is 3.30. The average Bonchev–Trinajstić information content (AvgIpc) is 3.59. The molecule has 0 saturated carbocycles. The third kappa shape index (κ3) is 4.74. The third-order valence-electron chi connectivity index (χ3n) is 4.95. The van der Waals surface area contributed by atoms with Crippen LogP contribution in [0.5, 0.6) is 11.5 Å². The highest BCUT2D eigenvalue weighted by Crippen LogP contribution is 2.37. The molecule has 0 bridgehead atoms. The zero-order valence-corrected chi connectivity index (χ0v) is 19.5. The van der Waals surface area contributed by atoms with E-state index in [9.17, 15) is 13.7 Å². The Hall–Kier alpha value is -4.53. The first-order valence-electron chi connectivity index (χ1n) is 10.1. The van der Waals surface area contributed by atoms with Crippen molar-refractivity contribution < 1.29 is 17.6 Å².